The van der Waals surface area contributed by atoms with E-state index < -0.39 is 20.3 Å². The van der Waals surface area contributed by atoms with E-state index in [1.807, 2.05) is 13.1 Å². The molecule has 4 nitrogen and oxygen atoms in total. The zero-order chi connectivity index (χ0) is 13.5. The van der Waals surface area contributed by atoms with E-state index in [2.05, 4.69) is 18.2 Å². The Morgan fingerprint density at radius 2 is 1.88 bits per heavy atom. The molecule has 0 aromatic carbocycles. The van der Waals surface area contributed by atoms with Crippen LogP contribution >= 0.6 is 0 Å². The quantitative estimate of drug-likeness (QED) is 0.400. The number of rotatable bonds is 7. The van der Waals surface area contributed by atoms with Gasteiger partial charge >= 0.3 is 11.9 Å². The first kappa shape index (κ1) is 15.9. The van der Waals surface area contributed by atoms with Crippen molar-refractivity contribution in [3.63, 3.8) is 0 Å². The van der Waals surface area contributed by atoms with E-state index in [4.69, 9.17) is 4.43 Å². The van der Waals surface area contributed by atoms with E-state index in [1.54, 1.807) is 0 Å². The second kappa shape index (κ2) is 7.27. The summed E-state index contributed by atoms with van der Waals surface area (Å²) >= 11 is 0. The molecule has 0 aromatic rings. The highest BCUT2D eigenvalue weighted by Gasteiger charge is 2.27. The molecule has 0 aliphatic rings. The van der Waals surface area contributed by atoms with Gasteiger partial charge < -0.3 is 9.16 Å². The Balaban J connectivity index is 4.23. The van der Waals surface area contributed by atoms with Gasteiger partial charge in [0.2, 0.25) is 8.32 Å². The average molecular weight is 258 g/mol. The first-order valence-electron chi connectivity index (χ1n) is 5.80. The van der Waals surface area contributed by atoms with Crippen LogP contribution in [0.1, 0.15) is 26.2 Å². The summed E-state index contributed by atoms with van der Waals surface area (Å²) in [5.74, 6) is -0.942. The van der Waals surface area contributed by atoms with Crippen molar-refractivity contribution in [2.45, 2.75) is 45.3 Å². The van der Waals surface area contributed by atoms with Gasteiger partial charge in [-0.25, -0.2) is 4.79 Å². The maximum Gasteiger partial charge on any atom is 0.320 e. The normalized spacial score (nSPS) is 10.8. The molecule has 0 atom stereocenters. The number of hydrogen-bond donors (Lipinski definition) is 0. The molecule has 0 amide bonds. The second-order valence-corrected chi connectivity index (χ2v) is 8.83. The van der Waals surface area contributed by atoms with Gasteiger partial charge in [0, 0.05) is 5.57 Å². The third kappa shape index (κ3) is 6.94. The van der Waals surface area contributed by atoms with Crippen LogP contribution < -0.4 is 0 Å². The molecule has 0 aliphatic heterocycles. The number of esters is 1. The summed E-state index contributed by atoms with van der Waals surface area (Å²) in [5.41, 5.74) is 0.161. The highest BCUT2D eigenvalue weighted by molar-refractivity contribution is 6.72. The first-order valence-corrected chi connectivity index (χ1v) is 8.92. The molecule has 0 rings (SSSR count). The van der Waals surface area contributed by atoms with Crippen LogP contribution in [-0.2, 0) is 18.8 Å². The van der Waals surface area contributed by atoms with E-state index in [9.17, 15) is 9.59 Å². The van der Waals surface area contributed by atoms with E-state index in [0.717, 1.165) is 18.9 Å². The van der Waals surface area contributed by atoms with Gasteiger partial charge in [0.15, 0.2) is 0 Å². The van der Waals surface area contributed by atoms with Crippen molar-refractivity contribution < 1.29 is 18.8 Å². The first-order chi connectivity index (χ1) is 7.82. The molecular weight excluding hydrogens is 236 g/mol. The van der Waals surface area contributed by atoms with E-state index in [0.29, 0.717) is 0 Å². The fourth-order valence-corrected chi connectivity index (χ4v) is 3.25. The maximum atomic E-state index is 11.7. The Bertz CT molecular complexity index is 297. The van der Waals surface area contributed by atoms with Crippen LogP contribution in [0, 0.1) is 0 Å². The lowest BCUT2D eigenvalue weighted by atomic mass is 10.2. The lowest BCUT2D eigenvalue weighted by Gasteiger charge is -2.22. The minimum absolute atomic E-state index is 0.104. The van der Waals surface area contributed by atoms with Gasteiger partial charge in [0.1, 0.15) is 0 Å². The van der Waals surface area contributed by atoms with E-state index in [-0.39, 0.29) is 12.0 Å². The van der Waals surface area contributed by atoms with Crippen LogP contribution in [-0.4, -0.2) is 27.4 Å². The van der Waals surface area contributed by atoms with Crippen LogP contribution in [0.3, 0.4) is 0 Å². The third-order valence-corrected chi connectivity index (χ3v) is 4.67. The summed E-state index contributed by atoms with van der Waals surface area (Å²) in [5, 5.41) is 0. The molecule has 0 N–H and O–H groups in total. The Morgan fingerprint density at radius 3 is 2.35 bits per heavy atom. The monoisotopic (exact) mass is 258 g/mol. The van der Waals surface area contributed by atoms with Crippen molar-refractivity contribution in [2.75, 3.05) is 7.11 Å². The Hall–Kier alpha value is -1.10. The van der Waals surface area contributed by atoms with Crippen molar-refractivity contribution >= 4 is 20.3 Å². The van der Waals surface area contributed by atoms with Crippen molar-refractivity contribution in [3.05, 3.63) is 12.2 Å². The lowest BCUT2D eigenvalue weighted by Crippen LogP contribution is -2.33. The Kier molecular flexibility index (Phi) is 6.80. The highest BCUT2D eigenvalue weighted by Crippen LogP contribution is 2.17. The predicted octanol–water partition coefficient (Wildman–Crippen LogP) is 2.65. The Labute approximate surface area is 104 Å². The number of methoxy groups -OCH3 is 1. The largest absolute Gasteiger partial charge is 0.516 e. The lowest BCUT2D eigenvalue weighted by molar-refractivity contribution is -0.141. The van der Waals surface area contributed by atoms with Gasteiger partial charge in [-0.3, -0.25) is 4.79 Å². The molecule has 98 valence electrons. The van der Waals surface area contributed by atoms with Gasteiger partial charge in [0.05, 0.1) is 13.5 Å². The fraction of sp³-hybridized carbons (Fsp3) is 0.667. The molecular formula is C12H22O4Si. The standard InChI is InChI=1S/C12H22O4Si/c1-6-7-8-17(4,5)16-12(14)10(2)9-11(13)15-3/h2,6-9H2,1,3-5H3. The Morgan fingerprint density at radius 1 is 1.29 bits per heavy atom. The van der Waals surface area contributed by atoms with Gasteiger partial charge in [-0.2, -0.15) is 0 Å². The molecule has 0 aromatic heterocycles. The second-order valence-electron chi connectivity index (χ2n) is 4.61. The SMILES string of the molecule is C=C(CC(=O)OC)C(=O)O[Si](C)(C)CCCC. The summed E-state index contributed by atoms with van der Waals surface area (Å²) in [4.78, 5) is 22.7. The van der Waals surface area contributed by atoms with Crippen LogP contribution in [0.5, 0.6) is 0 Å². The molecule has 0 aliphatic carbocycles. The smallest absolute Gasteiger partial charge is 0.320 e. The molecule has 0 fully saturated rings. The van der Waals surface area contributed by atoms with Crippen molar-refractivity contribution in [1.82, 2.24) is 0 Å². The summed E-state index contributed by atoms with van der Waals surface area (Å²) in [6, 6.07) is 0.931. The molecule has 0 bridgehead atoms. The number of hydrogen-bond acceptors (Lipinski definition) is 4. The number of carbonyl (C=O) groups excluding carboxylic acids is 2. The summed E-state index contributed by atoms with van der Waals surface area (Å²) in [6.07, 6.45) is 2.03. The van der Waals surface area contributed by atoms with Crippen LogP contribution in [0.4, 0.5) is 0 Å². The molecule has 0 saturated heterocycles. The van der Waals surface area contributed by atoms with Crippen LogP contribution in [0.25, 0.3) is 0 Å². The van der Waals surface area contributed by atoms with Crippen LogP contribution in [0.2, 0.25) is 19.1 Å². The molecule has 0 heterocycles. The number of ether oxygens (including phenoxy) is 1. The fourth-order valence-electron chi connectivity index (χ4n) is 1.30. The van der Waals surface area contributed by atoms with E-state index in [1.165, 1.54) is 7.11 Å². The predicted molar refractivity (Wildman–Crippen MR) is 69.1 cm³/mol. The number of carbonyl (C=O) groups is 2. The zero-order valence-corrected chi connectivity index (χ0v) is 12.2. The summed E-state index contributed by atoms with van der Waals surface area (Å²) in [7, 11) is -0.695. The van der Waals surface area contributed by atoms with Crippen molar-refractivity contribution in [1.29, 1.82) is 0 Å². The maximum absolute atomic E-state index is 11.7. The molecule has 0 saturated carbocycles. The topological polar surface area (TPSA) is 52.6 Å². The average Bonchev–Trinajstić information content (AvgIpc) is 2.25. The van der Waals surface area contributed by atoms with Gasteiger partial charge in [-0.1, -0.05) is 26.3 Å². The van der Waals surface area contributed by atoms with Crippen LogP contribution in [0.15, 0.2) is 12.2 Å². The summed E-state index contributed by atoms with van der Waals surface area (Å²) < 4.78 is 9.91. The van der Waals surface area contributed by atoms with E-state index >= 15 is 0 Å². The molecule has 17 heavy (non-hydrogen) atoms. The van der Waals surface area contributed by atoms with Gasteiger partial charge in [0.25, 0.3) is 0 Å². The minimum atomic E-state index is -1.97. The molecule has 0 spiro atoms. The van der Waals surface area contributed by atoms with Crippen molar-refractivity contribution in [3.8, 4) is 0 Å². The zero-order valence-electron chi connectivity index (χ0n) is 11.2. The van der Waals surface area contributed by atoms with Gasteiger partial charge in [-0.15, -0.1) is 0 Å². The highest BCUT2D eigenvalue weighted by atomic mass is 28.4. The third-order valence-electron chi connectivity index (χ3n) is 2.38. The number of unbranched alkanes of at least 4 members (excludes halogenated alkanes) is 1. The van der Waals surface area contributed by atoms with Crippen molar-refractivity contribution in [2.24, 2.45) is 0 Å². The molecule has 0 radical (unpaired) electrons. The summed E-state index contributed by atoms with van der Waals surface area (Å²) in [6.45, 7) is 9.64. The minimum Gasteiger partial charge on any atom is -0.516 e. The molecule has 0 unspecified atom stereocenters. The van der Waals surface area contributed by atoms with Gasteiger partial charge in [-0.05, 0) is 19.1 Å². The molecule has 5 heteroatoms.